The first-order chi connectivity index (χ1) is 28.5. The van der Waals surface area contributed by atoms with Crippen LogP contribution in [0, 0.1) is 0 Å². The van der Waals surface area contributed by atoms with Crippen molar-refractivity contribution in [2.45, 2.75) is 57.8 Å². The molecule has 0 saturated carbocycles. The number of thiophene rings is 1. The molecule has 1 nitrogen and oxygen atoms in total. The van der Waals surface area contributed by atoms with Crippen molar-refractivity contribution in [2.75, 3.05) is 4.90 Å². The Kier molecular flexibility index (Phi) is 7.84. The zero-order chi connectivity index (χ0) is 40.3. The molecule has 2 aliphatic carbocycles. The number of rotatable bonds is 4. The summed E-state index contributed by atoms with van der Waals surface area (Å²) in [6, 6.07) is 66.3. The van der Waals surface area contributed by atoms with Gasteiger partial charge in [-0.25, -0.2) is 0 Å². The van der Waals surface area contributed by atoms with Gasteiger partial charge in [0.05, 0.1) is 15.8 Å². The van der Waals surface area contributed by atoms with Crippen molar-refractivity contribution in [3.05, 3.63) is 209 Å². The molecule has 1 aromatic heterocycles. The highest BCUT2D eigenvalue weighted by atomic mass is 32.1. The van der Waals surface area contributed by atoms with Crippen LogP contribution in [0.15, 0.2) is 176 Å². The molecule has 0 fully saturated rings. The fraction of sp³-hybridized carbons (Fsp3) is 0.158. The first kappa shape index (κ1) is 35.9. The van der Waals surface area contributed by atoms with Gasteiger partial charge in [0.2, 0.25) is 0 Å². The molecule has 0 unspecified atom stereocenters. The van der Waals surface area contributed by atoms with Crippen molar-refractivity contribution in [1.29, 1.82) is 0 Å². The molecule has 0 saturated heterocycles. The van der Waals surface area contributed by atoms with Crippen LogP contribution in [-0.4, -0.2) is 0 Å². The molecule has 2 heteroatoms. The van der Waals surface area contributed by atoms with Gasteiger partial charge in [0, 0.05) is 32.4 Å². The first-order valence-electron chi connectivity index (χ1n) is 20.9. The largest absolute Gasteiger partial charge is 0.309 e. The van der Waals surface area contributed by atoms with Crippen LogP contribution < -0.4 is 4.90 Å². The van der Waals surface area contributed by atoms with Gasteiger partial charge in [0.25, 0.3) is 0 Å². The fourth-order valence-electron chi connectivity index (χ4n) is 10.1. The maximum atomic E-state index is 2.55. The highest BCUT2D eigenvalue weighted by Crippen LogP contribution is 2.65. The molecule has 0 aliphatic heterocycles. The molecule has 1 spiro atoms. The molecule has 11 rings (SSSR count). The second-order valence-electron chi connectivity index (χ2n) is 18.5. The molecule has 0 atom stereocenters. The summed E-state index contributed by atoms with van der Waals surface area (Å²) in [4.78, 5) is 2.44. The van der Waals surface area contributed by atoms with Crippen LogP contribution in [0.3, 0.4) is 0 Å². The molecule has 0 radical (unpaired) electrons. The third-order valence-electron chi connectivity index (χ3n) is 13.0. The predicted octanol–water partition coefficient (Wildman–Crippen LogP) is 16.1. The number of benzene rings is 8. The van der Waals surface area contributed by atoms with Gasteiger partial charge in [-0.15, -0.1) is 11.3 Å². The van der Waals surface area contributed by atoms with Gasteiger partial charge in [-0.1, -0.05) is 187 Å². The molecule has 1 heterocycles. The highest BCUT2D eigenvalue weighted by Gasteiger charge is 2.53. The van der Waals surface area contributed by atoms with Crippen LogP contribution in [0.2, 0.25) is 0 Å². The number of para-hydroxylation sites is 1. The van der Waals surface area contributed by atoms with Gasteiger partial charge in [-0.3, -0.25) is 0 Å². The van der Waals surface area contributed by atoms with Gasteiger partial charge in [-0.05, 0) is 102 Å². The second kappa shape index (κ2) is 12.9. The average molecular weight is 778 g/mol. The number of nitrogens with zero attached hydrogens (tertiary/aromatic N) is 1. The van der Waals surface area contributed by atoms with Gasteiger partial charge >= 0.3 is 0 Å². The monoisotopic (exact) mass is 777 g/mol. The van der Waals surface area contributed by atoms with Crippen LogP contribution in [0.4, 0.5) is 17.1 Å². The maximum Gasteiger partial charge on any atom is 0.0726 e. The maximum absolute atomic E-state index is 2.55. The summed E-state index contributed by atoms with van der Waals surface area (Å²) in [6.07, 6.45) is 0. The number of hydrogen-bond acceptors (Lipinski definition) is 2. The Labute approximate surface area is 352 Å². The van der Waals surface area contributed by atoms with Crippen molar-refractivity contribution in [1.82, 2.24) is 0 Å². The first-order valence-corrected chi connectivity index (χ1v) is 21.7. The van der Waals surface area contributed by atoms with E-state index < -0.39 is 5.41 Å². The Morgan fingerprint density at radius 3 is 1.61 bits per heavy atom. The molecule has 286 valence electrons. The molecule has 59 heavy (non-hydrogen) atoms. The third kappa shape index (κ3) is 5.29. The van der Waals surface area contributed by atoms with Crippen LogP contribution in [0.5, 0.6) is 0 Å². The Hall–Kier alpha value is -6.22. The van der Waals surface area contributed by atoms with E-state index in [1.807, 2.05) is 11.3 Å². The van der Waals surface area contributed by atoms with Crippen molar-refractivity contribution < 1.29 is 0 Å². The highest BCUT2D eigenvalue weighted by molar-refractivity contribution is 7.27. The van der Waals surface area contributed by atoms with E-state index in [1.165, 1.54) is 92.6 Å². The summed E-state index contributed by atoms with van der Waals surface area (Å²) in [7, 11) is 0. The summed E-state index contributed by atoms with van der Waals surface area (Å²) in [5, 5.41) is 2.61. The zero-order valence-corrected chi connectivity index (χ0v) is 35.4. The van der Waals surface area contributed by atoms with E-state index in [2.05, 4.69) is 222 Å². The average Bonchev–Trinajstić information content (AvgIpc) is 3.88. The minimum atomic E-state index is -0.428. The minimum absolute atomic E-state index is 0.0147. The van der Waals surface area contributed by atoms with Gasteiger partial charge < -0.3 is 4.90 Å². The van der Waals surface area contributed by atoms with Crippen LogP contribution in [-0.2, 0) is 16.2 Å². The predicted molar refractivity (Wildman–Crippen MR) is 253 cm³/mol. The Balaban J connectivity index is 1.18. The topological polar surface area (TPSA) is 3.24 Å². The van der Waals surface area contributed by atoms with E-state index in [-0.39, 0.29) is 10.8 Å². The smallest absolute Gasteiger partial charge is 0.0726 e. The van der Waals surface area contributed by atoms with Crippen molar-refractivity contribution in [2.24, 2.45) is 0 Å². The number of hydrogen-bond donors (Lipinski definition) is 0. The Morgan fingerprint density at radius 2 is 0.966 bits per heavy atom. The molecule has 0 N–H and O–H groups in total. The summed E-state index contributed by atoms with van der Waals surface area (Å²) >= 11 is 1.95. The van der Waals surface area contributed by atoms with Crippen LogP contribution in [0.25, 0.3) is 53.6 Å². The molecular formula is C57H47NS. The zero-order valence-electron chi connectivity index (χ0n) is 34.6. The van der Waals surface area contributed by atoms with E-state index in [1.54, 1.807) is 0 Å². The van der Waals surface area contributed by atoms with Crippen molar-refractivity contribution >= 4 is 48.6 Å². The van der Waals surface area contributed by atoms with Gasteiger partial charge in [0.1, 0.15) is 0 Å². The molecule has 8 aromatic carbocycles. The second-order valence-corrected chi connectivity index (χ2v) is 19.5. The lowest BCUT2D eigenvalue weighted by atomic mass is 9.69. The standard InChI is InChI=1S/C57H47NS/c1-55(2,3)38-26-30-42-43-31-27-39(56(4,5)6)35-50(43)57(49(42)34-38)47-22-14-13-20-46(47)52-48(57)33-32-45-44-21-15-23-51(53(44)59-54(45)52)58(40-18-11-8-12-19-40)41-28-24-37(25-29-41)36-16-9-7-10-17-36/h7-35H,1-6H3. The quantitative estimate of drug-likeness (QED) is 0.172. The molecule has 9 aromatic rings. The van der Waals surface area contributed by atoms with Crippen LogP contribution in [0.1, 0.15) is 74.9 Å². The molecular weight excluding hydrogens is 731 g/mol. The summed E-state index contributed by atoms with van der Waals surface area (Å²) in [6.45, 7) is 14.0. The molecule has 0 bridgehead atoms. The van der Waals surface area contributed by atoms with Crippen LogP contribution >= 0.6 is 11.3 Å². The summed E-state index contributed by atoms with van der Waals surface area (Å²) in [5.41, 5.74) is 19.3. The lowest BCUT2D eigenvalue weighted by Crippen LogP contribution is -2.27. The Morgan fingerprint density at radius 1 is 0.407 bits per heavy atom. The molecule has 2 aliphatic rings. The lowest BCUT2D eigenvalue weighted by Gasteiger charge is -2.32. The number of anilines is 3. The van der Waals surface area contributed by atoms with E-state index in [4.69, 9.17) is 0 Å². The van der Waals surface area contributed by atoms with E-state index in [0.717, 1.165) is 11.4 Å². The van der Waals surface area contributed by atoms with E-state index >= 15 is 0 Å². The number of fused-ring (bicyclic) bond motifs is 14. The lowest BCUT2D eigenvalue weighted by molar-refractivity contribution is 0.586. The van der Waals surface area contributed by atoms with E-state index in [9.17, 15) is 0 Å². The normalized spacial score (nSPS) is 13.7. The van der Waals surface area contributed by atoms with E-state index in [0.29, 0.717) is 0 Å². The Bertz CT molecular complexity index is 3040. The SMILES string of the molecule is CC(C)(C)c1ccc2c(c1)C1(c3cc(C(C)(C)C)ccc3-2)c2ccccc2-c2c1ccc1c2sc2c(N(c3ccccc3)c3ccc(-c4ccccc4)cc3)cccc21. The fourth-order valence-corrected chi connectivity index (χ4v) is 11.4. The molecule has 0 amide bonds. The van der Waals surface area contributed by atoms with Crippen molar-refractivity contribution in [3.63, 3.8) is 0 Å². The third-order valence-corrected chi connectivity index (χ3v) is 14.3. The summed E-state index contributed by atoms with van der Waals surface area (Å²) in [5.74, 6) is 0. The van der Waals surface area contributed by atoms with Gasteiger partial charge in [-0.2, -0.15) is 0 Å². The van der Waals surface area contributed by atoms with Crippen molar-refractivity contribution in [3.8, 4) is 33.4 Å². The summed E-state index contributed by atoms with van der Waals surface area (Å²) < 4.78 is 2.65. The van der Waals surface area contributed by atoms with Gasteiger partial charge in [0.15, 0.2) is 0 Å². The minimum Gasteiger partial charge on any atom is -0.309 e.